The molecule has 0 heterocycles. The van der Waals surface area contributed by atoms with E-state index in [0.717, 1.165) is 21.3 Å². The molecule has 1 aromatic rings. The molecule has 0 bridgehead atoms. The van der Waals surface area contributed by atoms with Gasteiger partial charge in [-0.05, 0) is 54.4 Å². The predicted molar refractivity (Wildman–Crippen MR) is 70.5 cm³/mol. The highest BCUT2D eigenvalue weighted by Gasteiger charge is 2.03. The molecule has 86 valence electrons. The normalized spacial score (nSPS) is 9.50. The van der Waals surface area contributed by atoms with E-state index in [1.165, 1.54) is 0 Å². The van der Waals surface area contributed by atoms with Crippen molar-refractivity contribution in [1.82, 2.24) is 5.32 Å². The average molecular weight is 283 g/mol. The maximum absolute atomic E-state index is 11.5. The second-order valence-corrected chi connectivity index (χ2v) is 4.66. The molecule has 0 spiro atoms. The van der Waals surface area contributed by atoms with Crippen LogP contribution in [0.15, 0.2) is 34.4 Å². The van der Waals surface area contributed by atoms with Gasteiger partial charge in [-0.15, -0.1) is 0 Å². The highest BCUT2D eigenvalue weighted by atomic mass is 79.9. The Labute approximate surface area is 104 Å². The van der Waals surface area contributed by atoms with Crippen LogP contribution in [0, 0.1) is 6.92 Å². The largest absolute Gasteiger partial charge is 0.323 e. The molecule has 1 rings (SSSR count). The molecule has 0 saturated carbocycles. The zero-order chi connectivity index (χ0) is 12.1. The summed E-state index contributed by atoms with van der Waals surface area (Å²) in [5.41, 5.74) is 2.94. The van der Waals surface area contributed by atoms with E-state index in [1.807, 2.05) is 39.0 Å². The first-order valence-corrected chi connectivity index (χ1v) is 5.75. The Morgan fingerprint density at radius 1 is 1.38 bits per heavy atom. The van der Waals surface area contributed by atoms with Crippen molar-refractivity contribution in [3.8, 4) is 0 Å². The molecule has 0 aliphatic carbocycles. The number of aryl methyl sites for hydroxylation is 1. The second kappa shape index (κ2) is 5.70. The molecule has 1 aromatic carbocycles. The number of halogens is 1. The first-order valence-electron chi connectivity index (χ1n) is 4.96. The van der Waals surface area contributed by atoms with Gasteiger partial charge in [0.05, 0.1) is 5.69 Å². The first kappa shape index (κ1) is 12.8. The molecule has 3 nitrogen and oxygen atoms in total. The lowest BCUT2D eigenvalue weighted by atomic mass is 10.2. The number of hydrogen-bond donors (Lipinski definition) is 2. The van der Waals surface area contributed by atoms with Crippen molar-refractivity contribution in [2.24, 2.45) is 0 Å². The molecule has 2 N–H and O–H groups in total. The van der Waals surface area contributed by atoms with Crippen LogP contribution < -0.4 is 10.6 Å². The van der Waals surface area contributed by atoms with E-state index in [-0.39, 0.29) is 6.03 Å². The van der Waals surface area contributed by atoms with Gasteiger partial charge in [-0.25, -0.2) is 4.79 Å². The SMILES string of the molecule is CC(C)=CNC(=O)Nc1ccc(C)cc1Br. The van der Waals surface area contributed by atoms with Gasteiger partial charge in [0.15, 0.2) is 0 Å². The van der Waals surface area contributed by atoms with Crippen LogP contribution in [0.1, 0.15) is 19.4 Å². The fourth-order valence-corrected chi connectivity index (χ4v) is 1.68. The smallest absolute Gasteiger partial charge is 0.314 e. The molecular formula is C12H15BrN2O. The highest BCUT2D eigenvalue weighted by Crippen LogP contribution is 2.23. The van der Waals surface area contributed by atoms with Crippen molar-refractivity contribution in [2.75, 3.05) is 5.32 Å². The van der Waals surface area contributed by atoms with Crippen molar-refractivity contribution in [3.63, 3.8) is 0 Å². The minimum absolute atomic E-state index is 0.245. The van der Waals surface area contributed by atoms with Crippen molar-refractivity contribution < 1.29 is 4.79 Å². The van der Waals surface area contributed by atoms with E-state index in [4.69, 9.17) is 0 Å². The van der Waals surface area contributed by atoms with Gasteiger partial charge in [-0.2, -0.15) is 0 Å². The summed E-state index contributed by atoms with van der Waals surface area (Å²) in [6, 6.07) is 5.52. The highest BCUT2D eigenvalue weighted by molar-refractivity contribution is 9.10. The summed E-state index contributed by atoms with van der Waals surface area (Å²) in [5.74, 6) is 0. The molecule has 0 saturated heterocycles. The lowest BCUT2D eigenvalue weighted by Gasteiger charge is -2.07. The number of rotatable bonds is 2. The molecule has 0 unspecified atom stereocenters. The van der Waals surface area contributed by atoms with E-state index < -0.39 is 0 Å². The van der Waals surface area contributed by atoms with Crippen LogP contribution in [-0.2, 0) is 0 Å². The third-order valence-corrected chi connectivity index (χ3v) is 2.52. The van der Waals surface area contributed by atoms with Crippen LogP contribution in [0.25, 0.3) is 0 Å². The topological polar surface area (TPSA) is 41.1 Å². The van der Waals surface area contributed by atoms with Gasteiger partial charge < -0.3 is 10.6 Å². The fraction of sp³-hybridized carbons (Fsp3) is 0.250. The number of allylic oxidation sites excluding steroid dienone is 1. The van der Waals surface area contributed by atoms with E-state index >= 15 is 0 Å². The van der Waals surface area contributed by atoms with E-state index in [2.05, 4.69) is 26.6 Å². The standard InChI is InChI=1S/C12H15BrN2O/c1-8(2)7-14-12(16)15-11-5-4-9(3)6-10(11)13/h4-7H,1-3H3,(H2,14,15,16). The quantitative estimate of drug-likeness (QED) is 0.851. The summed E-state index contributed by atoms with van der Waals surface area (Å²) in [5, 5.41) is 5.39. The molecule has 2 amide bonds. The first-order chi connectivity index (χ1) is 7.49. The molecule has 0 aromatic heterocycles. The molecule has 4 heteroatoms. The number of amides is 2. The number of anilines is 1. The average Bonchev–Trinajstić information content (AvgIpc) is 2.19. The third-order valence-electron chi connectivity index (χ3n) is 1.86. The zero-order valence-corrected chi connectivity index (χ0v) is 11.2. The Kier molecular flexibility index (Phi) is 4.55. The minimum Gasteiger partial charge on any atom is -0.314 e. The van der Waals surface area contributed by atoms with Gasteiger partial charge >= 0.3 is 6.03 Å². The molecule has 0 aliphatic heterocycles. The fourth-order valence-electron chi connectivity index (χ4n) is 1.09. The minimum atomic E-state index is -0.245. The van der Waals surface area contributed by atoms with Gasteiger partial charge in [0.2, 0.25) is 0 Å². The number of urea groups is 1. The summed E-state index contributed by atoms with van der Waals surface area (Å²) in [7, 11) is 0. The van der Waals surface area contributed by atoms with Crippen molar-refractivity contribution in [3.05, 3.63) is 40.0 Å². The Hall–Kier alpha value is -1.29. The van der Waals surface area contributed by atoms with Gasteiger partial charge in [0.1, 0.15) is 0 Å². The number of carbonyl (C=O) groups is 1. The Bertz CT molecular complexity index is 423. The second-order valence-electron chi connectivity index (χ2n) is 3.80. The summed E-state index contributed by atoms with van der Waals surface area (Å²) in [6.45, 7) is 5.84. The summed E-state index contributed by atoms with van der Waals surface area (Å²) >= 11 is 3.40. The monoisotopic (exact) mass is 282 g/mol. The number of carbonyl (C=O) groups excluding carboxylic acids is 1. The molecule has 0 aliphatic rings. The van der Waals surface area contributed by atoms with Crippen LogP contribution in [0.4, 0.5) is 10.5 Å². The molecule has 0 fully saturated rings. The summed E-state index contributed by atoms with van der Waals surface area (Å²) < 4.78 is 0.875. The van der Waals surface area contributed by atoms with Crippen LogP contribution in [0.5, 0.6) is 0 Å². The van der Waals surface area contributed by atoms with Crippen LogP contribution in [-0.4, -0.2) is 6.03 Å². The van der Waals surface area contributed by atoms with Crippen molar-refractivity contribution in [1.29, 1.82) is 0 Å². The Morgan fingerprint density at radius 2 is 2.06 bits per heavy atom. The lowest BCUT2D eigenvalue weighted by molar-refractivity contribution is 0.255. The summed E-state index contributed by atoms with van der Waals surface area (Å²) in [4.78, 5) is 11.5. The number of benzene rings is 1. The lowest BCUT2D eigenvalue weighted by Crippen LogP contribution is -2.24. The Morgan fingerprint density at radius 3 is 2.62 bits per heavy atom. The predicted octanol–water partition coefficient (Wildman–Crippen LogP) is 3.80. The maximum Gasteiger partial charge on any atom is 0.323 e. The number of nitrogens with one attached hydrogen (secondary N) is 2. The van der Waals surface area contributed by atoms with E-state index in [0.29, 0.717) is 0 Å². The van der Waals surface area contributed by atoms with E-state index in [1.54, 1.807) is 6.20 Å². The number of hydrogen-bond acceptors (Lipinski definition) is 1. The maximum atomic E-state index is 11.5. The molecule has 0 radical (unpaired) electrons. The van der Waals surface area contributed by atoms with Gasteiger partial charge in [-0.1, -0.05) is 11.6 Å². The van der Waals surface area contributed by atoms with Crippen LogP contribution in [0.2, 0.25) is 0 Å². The van der Waals surface area contributed by atoms with Crippen LogP contribution in [0.3, 0.4) is 0 Å². The summed E-state index contributed by atoms with van der Waals surface area (Å²) in [6.07, 6.45) is 1.66. The van der Waals surface area contributed by atoms with Crippen molar-refractivity contribution >= 4 is 27.6 Å². The van der Waals surface area contributed by atoms with Crippen LogP contribution >= 0.6 is 15.9 Å². The molecule has 16 heavy (non-hydrogen) atoms. The Balaban J connectivity index is 2.66. The van der Waals surface area contributed by atoms with Gasteiger partial charge in [-0.3, -0.25) is 0 Å². The molecular weight excluding hydrogens is 268 g/mol. The van der Waals surface area contributed by atoms with Gasteiger partial charge in [0.25, 0.3) is 0 Å². The van der Waals surface area contributed by atoms with Gasteiger partial charge in [0, 0.05) is 10.7 Å². The third kappa shape index (κ3) is 4.06. The van der Waals surface area contributed by atoms with Crippen molar-refractivity contribution in [2.45, 2.75) is 20.8 Å². The molecule has 0 atom stereocenters. The van der Waals surface area contributed by atoms with E-state index in [9.17, 15) is 4.79 Å². The zero-order valence-electron chi connectivity index (χ0n) is 9.60.